The molecule has 2 saturated heterocycles. The second-order valence-electron chi connectivity index (χ2n) is 7.43. The lowest BCUT2D eigenvalue weighted by molar-refractivity contribution is -0.127. The fourth-order valence-corrected chi connectivity index (χ4v) is 3.23. The van der Waals surface area contributed by atoms with E-state index in [-0.39, 0.29) is 30.7 Å². The predicted molar refractivity (Wildman–Crippen MR) is 107 cm³/mol. The van der Waals surface area contributed by atoms with Gasteiger partial charge in [-0.2, -0.15) is 0 Å². The summed E-state index contributed by atoms with van der Waals surface area (Å²) in [6, 6.07) is 0.193. The largest absolute Gasteiger partial charge is 0.450 e. The summed E-state index contributed by atoms with van der Waals surface area (Å²) < 4.78 is 10.8. The second-order valence-corrected chi connectivity index (χ2v) is 7.43. The summed E-state index contributed by atoms with van der Waals surface area (Å²) in [6.45, 7) is 5.06. The first kappa shape index (κ1) is 22.3. The maximum atomic E-state index is 11.9. The van der Waals surface area contributed by atoms with Gasteiger partial charge >= 0.3 is 6.09 Å². The molecule has 2 rings (SSSR count). The first-order valence-electron chi connectivity index (χ1n) is 10.3. The molecule has 0 bridgehead atoms. The summed E-state index contributed by atoms with van der Waals surface area (Å²) in [5, 5.41) is 6.74. The Bertz CT molecular complexity index is 526. The highest BCUT2D eigenvalue weighted by molar-refractivity contribution is 5.85. The lowest BCUT2D eigenvalue weighted by Crippen LogP contribution is -2.51. The molecule has 0 radical (unpaired) electrons. The molecule has 2 fully saturated rings. The summed E-state index contributed by atoms with van der Waals surface area (Å²) in [6.07, 6.45) is 4.87. The Hall–Kier alpha value is -2.03. The summed E-state index contributed by atoms with van der Waals surface area (Å²) in [5.41, 5.74) is 0. The summed E-state index contributed by atoms with van der Waals surface area (Å²) >= 11 is 0. The third-order valence-electron chi connectivity index (χ3n) is 5.00. The molecule has 2 aliphatic heterocycles. The van der Waals surface area contributed by atoms with Crippen molar-refractivity contribution in [2.24, 2.45) is 4.99 Å². The van der Waals surface area contributed by atoms with Crippen LogP contribution in [0.25, 0.3) is 0 Å². The molecule has 0 aromatic rings. The molecule has 0 aromatic heterocycles. The maximum absolute atomic E-state index is 11.9. The molecule has 2 N–H and O–H groups in total. The van der Waals surface area contributed by atoms with Gasteiger partial charge in [0.05, 0.1) is 12.7 Å². The first-order chi connectivity index (χ1) is 13.5. The van der Waals surface area contributed by atoms with Gasteiger partial charge in [-0.3, -0.25) is 4.79 Å². The normalized spacial score (nSPS) is 21.2. The summed E-state index contributed by atoms with van der Waals surface area (Å²) in [5.74, 6) is 0.575. The van der Waals surface area contributed by atoms with Crippen LogP contribution in [0.2, 0.25) is 0 Å². The van der Waals surface area contributed by atoms with Crippen molar-refractivity contribution in [2.75, 3.05) is 53.5 Å². The Balaban J connectivity index is 1.86. The van der Waals surface area contributed by atoms with Crippen LogP contribution in [-0.2, 0) is 14.3 Å². The zero-order chi connectivity index (χ0) is 20.4. The molecule has 0 spiro atoms. The number of hydrogen-bond acceptors (Lipinski definition) is 5. The molecule has 28 heavy (non-hydrogen) atoms. The summed E-state index contributed by atoms with van der Waals surface area (Å²) in [7, 11) is 3.44. The monoisotopic (exact) mass is 397 g/mol. The average molecular weight is 398 g/mol. The number of guanidine groups is 1. The number of amides is 2. The van der Waals surface area contributed by atoms with Crippen molar-refractivity contribution in [3.05, 3.63) is 0 Å². The van der Waals surface area contributed by atoms with Gasteiger partial charge in [0, 0.05) is 46.4 Å². The number of rotatable bonds is 6. The van der Waals surface area contributed by atoms with Gasteiger partial charge in [0.15, 0.2) is 5.96 Å². The van der Waals surface area contributed by atoms with E-state index in [1.807, 2.05) is 6.92 Å². The van der Waals surface area contributed by atoms with Gasteiger partial charge in [0.1, 0.15) is 6.54 Å². The Morgan fingerprint density at radius 1 is 1.21 bits per heavy atom. The number of piperidine rings is 1. The molecule has 0 saturated carbocycles. The second kappa shape index (κ2) is 11.7. The van der Waals surface area contributed by atoms with Gasteiger partial charge < -0.3 is 29.9 Å². The number of carbonyl (C=O) groups is 2. The van der Waals surface area contributed by atoms with Crippen LogP contribution in [0.4, 0.5) is 4.79 Å². The Kier molecular flexibility index (Phi) is 9.33. The number of nitrogens with zero attached hydrogens (tertiary/aromatic N) is 3. The number of ether oxygens (including phenoxy) is 2. The van der Waals surface area contributed by atoms with Crippen molar-refractivity contribution in [3.8, 4) is 0 Å². The van der Waals surface area contributed by atoms with Crippen LogP contribution in [0.3, 0.4) is 0 Å². The topological polar surface area (TPSA) is 95.5 Å². The molecule has 1 unspecified atom stereocenters. The van der Waals surface area contributed by atoms with Crippen molar-refractivity contribution < 1.29 is 19.1 Å². The zero-order valence-corrected chi connectivity index (χ0v) is 17.4. The van der Waals surface area contributed by atoms with Gasteiger partial charge in [-0.25, -0.2) is 9.79 Å². The molecule has 160 valence electrons. The molecular formula is C19H35N5O4. The van der Waals surface area contributed by atoms with Crippen molar-refractivity contribution in [1.29, 1.82) is 0 Å². The van der Waals surface area contributed by atoms with E-state index in [0.29, 0.717) is 32.2 Å². The Morgan fingerprint density at radius 3 is 2.57 bits per heavy atom. The quantitative estimate of drug-likeness (QED) is 0.508. The van der Waals surface area contributed by atoms with Crippen LogP contribution in [0.1, 0.15) is 39.0 Å². The van der Waals surface area contributed by atoms with Gasteiger partial charge in [0.25, 0.3) is 0 Å². The van der Waals surface area contributed by atoms with E-state index in [4.69, 9.17) is 9.47 Å². The van der Waals surface area contributed by atoms with Crippen LogP contribution in [0.5, 0.6) is 0 Å². The van der Waals surface area contributed by atoms with Crippen LogP contribution in [0.15, 0.2) is 4.99 Å². The van der Waals surface area contributed by atoms with E-state index in [1.54, 1.807) is 19.0 Å². The van der Waals surface area contributed by atoms with Gasteiger partial charge in [-0.15, -0.1) is 0 Å². The highest BCUT2D eigenvalue weighted by Crippen LogP contribution is 2.13. The first-order valence-corrected chi connectivity index (χ1v) is 10.3. The average Bonchev–Trinajstić information content (AvgIpc) is 2.71. The van der Waals surface area contributed by atoms with E-state index in [1.165, 1.54) is 11.3 Å². The zero-order valence-electron chi connectivity index (χ0n) is 17.4. The minimum atomic E-state index is -0.251. The maximum Gasteiger partial charge on any atom is 0.409 e. The van der Waals surface area contributed by atoms with E-state index in [0.717, 1.165) is 32.3 Å². The smallest absolute Gasteiger partial charge is 0.409 e. The minimum Gasteiger partial charge on any atom is -0.450 e. The Morgan fingerprint density at radius 2 is 1.96 bits per heavy atom. The van der Waals surface area contributed by atoms with Crippen LogP contribution < -0.4 is 10.6 Å². The molecule has 0 aromatic carbocycles. The lowest BCUT2D eigenvalue weighted by atomic mass is 10.1. The van der Waals surface area contributed by atoms with Gasteiger partial charge in [-0.1, -0.05) is 0 Å². The third-order valence-corrected chi connectivity index (χ3v) is 5.00. The van der Waals surface area contributed by atoms with Crippen LogP contribution in [-0.4, -0.2) is 93.4 Å². The number of likely N-dealkylation sites (tertiary alicyclic amines) is 1. The van der Waals surface area contributed by atoms with Crippen LogP contribution >= 0.6 is 0 Å². The van der Waals surface area contributed by atoms with E-state index in [2.05, 4.69) is 15.6 Å². The fourth-order valence-electron chi connectivity index (χ4n) is 3.23. The van der Waals surface area contributed by atoms with E-state index in [9.17, 15) is 9.59 Å². The molecule has 0 aliphatic carbocycles. The fraction of sp³-hybridized carbons (Fsp3) is 0.842. The van der Waals surface area contributed by atoms with Gasteiger partial charge in [-0.05, 0) is 39.0 Å². The molecule has 2 heterocycles. The molecule has 9 heteroatoms. The molecule has 9 nitrogen and oxygen atoms in total. The van der Waals surface area contributed by atoms with Crippen LogP contribution in [0, 0.1) is 0 Å². The van der Waals surface area contributed by atoms with Gasteiger partial charge in [0.2, 0.25) is 5.91 Å². The van der Waals surface area contributed by atoms with E-state index < -0.39 is 0 Å². The highest BCUT2D eigenvalue weighted by atomic mass is 16.6. The number of nitrogens with one attached hydrogen (secondary N) is 2. The molecular weight excluding hydrogens is 362 g/mol. The lowest BCUT2D eigenvalue weighted by Gasteiger charge is -2.32. The number of hydrogen-bond donors (Lipinski definition) is 2. The molecule has 1 atom stereocenters. The minimum absolute atomic E-state index is 0.0489. The standard InChI is InChI=1S/C19H35N5O4/c1-4-27-19(26)24-10-8-15(9-11-24)22-18(21-14-17(25)23(2)3)20-13-16-7-5-6-12-28-16/h15-16H,4-14H2,1-3H3,(H2,20,21,22). The van der Waals surface area contributed by atoms with Crippen molar-refractivity contribution >= 4 is 18.0 Å². The third kappa shape index (κ3) is 7.53. The summed E-state index contributed by atoms with van der Waals surface area (Å²) in [4.78, 5) is 31.5. The van der Waals surface area contributed by atoms with Crippen molar-refractivity contribution in [2.45, 2.75) is 51.2 Å². The van der Waals surface area contributed by atoms with E-state index >= 15 is 0 Å². The van der Waals surface area contributed by atoms with Crippen molar-refractivity contribution in [3.63, 3.8) is 0 Å². The SMILES string of the molecule is CCOC(=O)N1CCC(NC(=NCC(=O)N(C)C)NCC2CCCCO2)CC1. The number of aliphatic imine (C=N–C) groups is 1. The Labute approximate surface area is 167 Å². The number of likely N-dealkylation sites (N-methyl/N-ethyl adjacent to an activating group) is 1. The predicted octanol–water partition coefficient (Wildman–Crippen LogP) is 0.800. The van der Waals surface area contributed by atoms with Crippen molar-refractivity contribution in [1.82, 2.24) is 20.4 Å². The number of carbonyl (C=O) groups excluding carboxylic acids is 2. The highest BCUT2D eigenvalue weighted by Gasteiger charge is 2.24. The molecule has 2 aliphatic rings. The molecule has 2 amide bonds.